The Labute approximate surface area is 393 Å². The van der Waals surface area contributed by atoms with Gasteiger partial charge in [0.1, 0.15) is 26.4 Å². The van der Waals surface area contributed by atoms with Crippen LogP contribution in [-0.4, -0.2) is 147 Å². The molecule has 0 saturated carbocycles. The number of sulfonamides is 1. The van der Waals surface area contributed by atoms with E-state index < -0.39 is 45.7 Å². The van der Waals surface area contributed by atoms with Gasteiger partial charge >= 0.3 is 23.9 Å². The van der Waals surface area contributed by atoms with E-state index in [-0.39, 0.29) is 102 Å². The number of carbonyl (C=O) groups is 4. The van der Waals surface area contributed by atoms with Gasteiger partial charge in [0.15, 0.2) is 0 Å². The summed E-state index contributed by atoms with van der Waals surface area (Å²) in [7, 11) is -3.52. The minimum atomic E-state index is -3.52. The molecular weight excluding hydrogens is 863 g/mol. The van der Waals surface area contributed by atoms with Gasteiger partial charge in [-0.3, -0.25) is 19.2 Å². The molecule has 0 aromatic carbocycles. The third kappa shape index (κ3) is 32.9. The first-order valence-electron chi connectivity index (χ1n) is 24.8. The van der Waals surface area contributed by atoms with Crippen LogP contribution in [0.25, 0.3) is 0 Å². The fourth-order valence-corrected chi connectivity index (χ4v) is 8.07. The molecule has 0 rings (SSSR count). The fourth-order valence-electron chi connectivity index (χ4n) is 6.48. The van der Waals surface area contributed by atoms with E-state index in [1.807, 2.05) is 41.5 Å². The van der Waals surface area contributed by atoms with Crippen LogP contribution in [-0.2, 0) is 71.8 Å². The van der Waals surface area contributed by atoms with E-state index in [0.717, 1.165) is 51.4 Å². The molecule has 0 spiro atoms. The number of esters is 4. The van der Waals surface area contributed by atoms with E-state index in [1.165, 1.54) is 4.31 Å². The largest absolute Gasteiger partial charge is 0.464 e. The lowest BCUT2D eigenvalue weighted by Gasteiger charge is -2.24. The Kier molecular flexibility index (Phi) is 39.1. The number of unbranched alkanes of at least 4 members (excludes halogenated alkanes) is 7. The van der Waals surface area contributed by atoms with Crippen molar-refractivity contribution in [2.24, 2.45) is 23.7 Å². The Morgan fingerprint density at radius 1 is 0.446 bits per heavy atom. The number of hydrogen-bond donors (Lipinski definition) is 0. The van der Waals surface area contributed by atoms with Crippen LogP contribution < -0.4 is 0 Å². The SMILES string of the molecule is CCCCCCCCS(=O)(=O)N(CCCC)CCOC(=O)C(C)CC(CC(CC)C(=O)OCCOCC(C)OCCOC(=O)C(C)CC)C(=O)OCCOCC(C)OCCOCCCC. The van der Waals surface area contributed by atoms with Crippen molar-refractivity contribution in [1.29, 1.82) is 0 Å². The van der Waals surface area contributed by atoms with Crippen LogP contribution in [0, 0.1) is 23.7 Å². The van der Waals surface area contributed by atoms with Gasteiger partial charge in [-0.05, 0) is 58.8 Å². The van der Waals surface area contributed by atoms with Crippen molar-refractivity contribution in [3.05, 3.63) is 0 Å². The molecule has 0 aliphatic heterocycles. The molecule has 65 heavy (non-hydrogen) atoms. The van der Waals surface area contributed by atoms with Crippen LogP contribution >= 0.6 is 0 Å². The van der Waals surface area contributed by atoms with Gasteiger partial charge in [-0.2, -0.15) is 4.31 Å². The predicted molar refractivity (Wildman–Crippen MR) is 251 cm³/mol. The van der Waals surface area contributed by atoms with Gasteiger partial charge in [0.05, 0.1) is 87.9 Å². The van der Waals surface area contributed by atoms with E-state index in [2.05, 4.69) is 13.8 Å². The molecule has 0 radical (unpaired) electrons. The zero-order chi connectivity index (χ0) is 48.7. The second kappa shape index (κ2) is 40.6. The maximum Gasteiger partial charge on any atom is 0.309 e. The first-order chi connectivity index (χ1) is 31.2. The third-order valence-corrected chi connectivity index (χ3v) is 12.9. The summed E-state index contributed by atoms with van der Waals surface area (Å²) in [5.74, 6) is -4.27. The smallest absolute Gasteiger partial charge is 0.309 e. The predicted octanol–water partition coefficient (Wildman–Crippen LogP) is 7.72. The van der Waals surface area contributed by atoms with Crippen LogP contribution in [0.4, 0.5) is 0 Å². The molecule has 384 valence electrons. The quantitative estimate of drug-likeness (QED) is 0.0328. The standard InChI is InChI=1S/C48H91NO15S/c1-10-15-18-19-20-21-34-65(54,55)49(22-16-11-2)23-25-61-46(51)40(7)35-44(48(53)64-31-28-58-37-41(8)59-29-26-56-24-17-12-3)36-43(14-5)47(52)63-30-27-57-38-42(9)60-32-33-62-45(50)39(6)13-4/h39-44H,10-38H2,1-9H3. The summed E-state index contributed by atoms with van der Waals surface area (Å²) in [5.41, 5.74) is 0. The lowest BCUT2D eigenvalue weighted by Crippen LogP contribution is -2.37. The number of nitrogens with zero attached hydrogens (tertiary/aromatic N) is 1. The molecule has 0 aromatic rings. The second-order valence-corrected chi connectivity index (χ2v) is 19.1. The van der Waals surface area contributed by atoms with Gasteiger partial charge in [0, 0.05) is 19.7 Å². The highest BCUT2D eigenvalue weighted by molar-refractivity contribution is 7.89. The number of ether oxygens (including phenoxy) is 9. The van der Waals surface area contributed by atoms with Crippen LogP contribution in [0.1, 0.15) is 152 Å². The summed E-state index contributed by atoms with van der Waals surface area (Å²) in [4.78, 5) is 52.0. The highest BCUT2D eigenvalue weighted by atomic mass is 32.2. The molecule has 0 aromatic heterocycles. The molecule has 16 nitrogen and oxygen atoms in total. The van der Waals surface area contributed by atoms with Crippen LogP contribution in [0.2, 0.25) is 0 Å². The molecule has 0 aliphatic rings. The lowest BCUT2D eigenvalue weighted by molar-refractivity contribution is -0.157. The minimum absolute atomic E-state index is 0.0122. The topological polar surface area (TPSA) is 189 Å². The van der Waals surface area contributed by atoms with Crippen LogP contribution in [0.3, 0.4) is 0 Å². The average molecular weight is 954 g/mol. The molecule has 6 atom stereocenters. The van der Waals surface area contributed by atoms with Gasteiger partial charge in [-0.15, -0.1) is 0 Å². The minimum Gasteiger partial charge on any atom is -0.464 e. The first kappa shape index (κ1) is 62.6. The van der Waals surface area contributed by atoms with Crippen molar-refractivity contribution in [2.45, 2.75) is 164 Å². The van der Waals surface area contributed by atoms with Gasteiger partial charge in [-0.25, -0.2) is 8.42 Å². The van der Waals surface area contributed by atoms with Crippen LogP contribution in [0.15, 0.2) is 0 Å². The normalized spacial score (nSPS) is 14.6. The highest BCUT2D eigenvalue weighted by Crippen LogP contribution is 2.26. The Hall–Kier alpha value is -2.41. The van der Waals surface area contributed by atoms with Gasteiger partial charge in [0.25, 0.3) is 0 Å². The van der Waals surface area contributed by atoms with Crippen molar-refractivity contribution in [3.8, 4) is 0 Å². The Morgan fingerprint density at radius 3 is 1.52 bits per heavy atom. The lowest BCUT2D eigenvalue weighted by atomic mass is 9.86. The monoisotopic (exact) mass is 954 g/mol. The molecule has 0 fully saturated rings. The zero-order valence-electron chi connectivity index (χ0n) is 41.9. The van der Waals surface area contributed by atoms with E-state index in [9.17, 15) is 27.6 Å². The van der Waals surface area contributed by atoms with E-state index in [0.29, 0.717) is 58.7 Å². The van der Waals surface area contributed by atoms with Crippen molar-refractivity contribution in [2.75, 3.05) is 98.1 Å². The summed E-state index contributed by atoms with van der Waals surface area (Å²) in [6, 6.07) is 0. The van der Waals surface area contributed by atoms with Gasteiger partial charge < -0.3 is 42.6 Å². The van der Waals surface area contributed by atoms with Gasteiger partial charge in [0.2, 0.25) is 10.0 Å². The summed E-state index contributed by atoms with van der Waals surface area (Å²) < 4.78 is 78.0. The Balaban J connectivity index is 5.36. The number of carbonyl (C=O) groups excluding carboxylic acids is 4. The maximum absolute atomic E-state index is 13.6. The molecule has 0 amide bonds. The van der Waals surface area contributed by atoms with E-state index in [1.54, 1.807) is 6.92 Å². The van der Waals surface area contributed by atoms with Crippen molar-refractivity contribution in [1.82, 2.24) is 4.31 Å². The molecule has 0 N–H and O–H groups in total. The maximum atomic E-state index is 13.6. The van der Waals surface area contributed by atoms with Crippen LogP contribution in [0.5, 0.6) is 0 Å². The van der Waals surface area contributed by atoms with Crippen molar-refractivity contribution in [3.63, 3.8) is 0 Å². The van der Waals surface area contributed by atoms with E-state index in [4.69, 9.17) is 42.6 Å². The second-order valence-electron chi connectivity index (χ2n) is 17.0. The van der Waals surface area contributed by atoms with Gasteiger partial charge in [-0.1, -0.05) is 93.4 Å². The molecule has 0 heterocycles. The molecule has 0 aliphatic carbocycles. The first-order valence-corrected chi connectivity index (χ1v) is 26.4. The summed E-state index contributed by atoms with van der Waals surface area (Å²) in [5, 5.41) is 0. The Morgan fingerprint density at radius 2 is 0.938 bits per heavy atom. The van der Waals surface area contributed by atoms with E-state index >= 15 is 0 Å². The third-order valence-electron chi connectivity index (χ3n) is 10.9. The Bertz CT molecular complexity index is 1320. The zero-order valence-corrected chi connectivity index (χ0v) is 42.8. The average Bonchev–Trinajstić information content (AvgIpc) is 3.28. The fraction of sp³-hybridized carbons (Fsp3) is 0.917. The molecule has 0 bridgehead atoms. The summed E-state index contributed by atoms with van der Waals surface area (Å²) >= 11 is 0. The van der Waals surface area contributed by atoms with Crippen molar-refractivity contribution < 1.29 is 70.2 Å². The molecule has 17 heteroatoms. The summed E-state index contributed by atoms with van der Waals surface area (Å²) in [6.45, 7) is 20.2. The van der Waals surface area contributed by atoms with Crippen molar-refractivity contribution >= 4 is 33.9 Å². The molecule has 6 unspecified atom stereocenters. The molecule has 0 saturated heterocycles. The number of hydrogen-bond acceptors (Lipinski definition) is 15. The summed E-state index contributed by atoms with van der Waals surface area (Å²) in [6.07, 6.45) is 10.1. The molecular formula is C48H91NO15S. The number of rotatable bonds is 45. The highest BCUT2D eigenvalue weighted by Gasteiger charge is 2.32.